The van der Waals surface area contributed by atoms with Crippen LogP contribution in [0.25, 0.3) is 0 Å². The van der Waals surface area contributed by atoms with Crippen molar-refractivity contribution < 1.29 is 22.7 Å². The summed E-state index contributed by atoms with van der Waals surface area (Å²) < 4.78 is 40.6. The van der Waals surface area contributed by atoms with Gasteiger partial charge in [-0.2, -0.15) is 13.2 Å². The van der Waals surface area contributed by atoms with Gasteiger partial charge in [0.25, 0.3) is 0 Å². The van der Waals surface area contributed by atoms with Crippen molar-refractivity contribution >= 4 is 6.03 Å². The summed E-state index contributed by atoms with van der Waals surface area (Å²) in [6.45, 7) is 6.92. The Kier molecular flexibility index (Phi) is 4.91. The predicted molar refractivity (Wildman–Crippen MR) is 81.0 cm³/mol. The summed E-state index contributed by atoms with van der Waals surface area (Å²) in [5, 5.41) is 5.67. The van der Waals surface area contributed by atoms with Crippen LogP contribution in [0.4, 0.5) is 18.0 Å². The van der Waals surface area contributed by atoms with Crippen LogP contribution in [0.2, 0.25) is 0 Å². The van der Waals surface area contributed by atoms with Crippen LogP contribution < -0.4 is 10.6 Å². The fourth-order valence-corrected chi connectivity index (χ4v) is 4.24. The van der Waals surface area contributed by atoms with Crippen LogP contribution >= 0.6 is 0 Å². The highest BCUT2D eigenvalue weighted by atomic mass is 19.4. The maximum atomic E-state index is 12.1. The van der Waals surface area contributed by atoms with Crippen molar-refractivity contribution in [3.8, 4) is 0 Å². The van der Waals surface area contributed by atoms with Crippen molar-refractivity contribution in [2.75, 3.05) is 13.2 Å². The molecular formula is C16H27F3N2O2. The number of nitrogens with one attached hydrogen (secondary N) is 2. The number of ether oxygens (including phenoxy) is 1. The van der Waals surface area contributed by atoms with Gasteiger partial charge in [0.05, 0.1) is 12.6 Å². The van der Waals surface area contributed by atoms with Crippen molar-refractivity contribution in [2.45, 2.75) is 65.2 Å². The number of carbonyl (C=O) groups excluding carboxylic acids is 1. The number of fused-ring (bicyclic) bond motifs is 2. The SMILES string of the molecule is C[C@H](COCC(F)(F)F)NC(=O)N[C@@H]1C[C@H]2CC[C@@]1(C)C2(C)C. The number of hydrogen-bond acceptors (Lipinski definition) is 2. The van der Waals surface area contributed by atoms with Gasteiger partial charge in [-0.25, -0.2) is 4.79 Å². The molecule has 2 rings (SSSR count). The standard InChI is InChI=1S/C16H27F3N2O2/c1-10(8-23-9-16(17,18)19)20-13(22)21-12-7-11-5-6-15(12,4)14(11,2)3/h10-12H,5-9H2,1-4H3,(H2,20,21,22)/t10-,11-,12-,15-/m1/s1. The summed E-state index contributed by atoms with van der Waals surface area (Å²) in [7, 11) is 0. The first-order valence-electron chi connectivity index (χ1n) is 8.17. The molecule has 0 aromatic carbocycles. The Bertz CT molecular complexity index is 453. The Morgan fingerprint density at radius 3 is 2.48 bits per heavy atom. The maximum absolute atomic E-state index is 12.1. The molecule has 7 heteroatoms. The van der Waals surface area contributed by atoms with Crippen LogP contribution in [0.15, 0.2) is 0 Å². The zero-order chi connectivity index (χ0) is 17.5. The van der Waals surface area contributed by atoms with E-state index >= 15 is 0 Å². The van der Waals surface area contributed by atoms with Gasteiger partial charge in [-0.15, -0.1) is 0 Å². The highest BCUT2D eigenvalue weighted by Gasteiger charge is 2.61. The minimum absolute atomic E-state index is 0.0744. The van der Waals surface area contributed by atoms with Crippen molar-refractivity contribution in [3.63, 3.8) is 0 Å². The van der Waals surface area contributed by atoms with Gasteiger partial charge in [0.1, 0.15) is 6.61 Å². The minimum Gasteiger partial charge on any atom is -0.370 e. The lowest BCUT2D eigenvalue weighted by Gasteiger charge is -2.39. The Morgan fingerprint density at radius 2 is 2.00 bits per heavy atom. The second-order valence-electron chi connectivity index (χ2n) is 7.81. The maximum Gasteiger partial charge on any atom is 0.411 e. The molecule has 0 radical (unpaired) electrons. The fraction of sp³-hybridized carbons (Fsp3) is 0.938. The van der Waals surface area contributed by atoms with Crippen molar-refractivity contribution in [1.29, 1.82) is 0 Å². The molecule has 2 amide bonds. The van der Waals surface area contributed by atoms with E-state index in [0.29, 0.717) is 5.92 Å². The highest BCUT2D eigenvalue weighted by molar-refractivity contribution is 5.74. The van der Waals surface area contributed by atoms with Crippen LogP contribution in [-0.4, -0.2) is 37.5 Å². The molecule has 2 aliphatic carbocycles. The summed E-state index contributed by atoms with van der Waals surface area (Å²) >= 11 is 0. The van der Waals surface area contributed by atoms with Crippen LogP contribution in [0.3, 0.4) is 0 Å². The summed E-state index contributed by atoms with van der Waals surface area (Å²) in [6.07, 6.45) is -1.08. The van der Waals surface area contributed by atoms with E-state index < -0.39 is 18.8 Å². The topological polar surface area (TPSA) is 50.4 Å². The third kappa shape index (κ3) is 3.75. The molecule has 2 N–H and O–H groups in total. The summed E-state index contributed by atoms with van der Waals surface area (Å²) in [5.74, 6) is 0.616. The van der Waals surface area contributed by atoms with Gasteiger partial charge in [0.2, 0.25) is 0 Å². The lowest BCUT2D eigenvalue weighted by atomic mass is 9.69. The van der Waals surface area contributed by atoms with Crippen LogP contribution in [-0.2, 0) is 4.74 Å². The van der Waals surface area contributed by atoms with E-state index in [1.807, 2.05) is 0 Å². The molecule has 0 spiro atoms. The lowest BCUT2D eigenvalue weighted by molar-refractivity contribution is -0.174. The molecule has 2 fully saturated rings. The number of rotatable bonds is 5. The molecule has 0 aromatic rings. The van der Waals surface area contributed by atoms with Crippen molar-refractivity contribution in [3.05, 3.63) is 0 Å². The second-order valence-corrected chi connectivity index (χ2v) is 7.81. The van der Waals surface area contributed by atoms with Crippen molar-refractivity contribution in [2.24, 2.45) is 16.7 Å². The summed E-state index contributed by atoms with van der Waals surface area (Å²) in [6, 6.07) is -0.695. The van der Waals surface area contributed by atoms with Gasteiger partial charge in [0.15, 0.2) is 0 Å². The minimum atomic E-state index is -4.34. The third-order valence-electron chi connectivity index (χ3n) is 6.11. The Labute approximate surface area is 135 Å². The van der Waals surface area contributed by atoms with E-state index in [9.17, 15) is 18.0 Å². The van der Waals surface area contributed by atoms with Crippen LogP contribution in [0.1, 0.15) is 47.0 Å². The molecule has 2 aliphatic rings. The molecule has 23 heavy (non-hydrogen) atoms. The first-order valence-corrected chi connectivity index (χ1v) is 8.17. The zero-order valence-electron chi connectivity index (χ0n) is 14.2. The van der Waals surface area contributed by atoms with Gasteiger partial charge in [-0.05, 0) is 42.9 Å². The van der Waals surface area contributed by atoms with E-state index in [-0.39, 0.29) is 29.5 Å². The van der Waals surface area contributed by atoms with Gasteiger partial charge < -0.3 is 15.4 Å². The van der Waals surface area contributed by atoms with Gasteiger partial charge in [-0.3, -0.25) is 0 Å². The molecule has 4 nitrogen and oxygen atoms in total. The second kappa shape index (κ2) is 6.15. The van der Waals surface area contributed by atoms with Gasteiger partial charge in [-0.1, -0.05) is 20.8 Å². The normalized spacial score (nSPS) is 33.5. The zero-order valence-corrected chi connectivity index (χ0v) is 14.2. The molecule has 2 bridgehead atoms. The summed E-state index contributed by atoms with van der Waals surface area (Å²) in [5.41, 5.74) is 0.275. The van der Waals surface area contributed by atoms with Gasteiger partial charge >= 0.3 is 12.2 Å². The molecule has 2 saturated carbocycles. The van der Waals surface area contributed by atoms with E-state index in [4.69, 9.17) is 0 Å². The van der Waals surface area contributed by atoms with E-state index in [0.717, 1.165) is 12.8 Å². The summed E-state index contributed by atoms with van der Waals surface area (Å²) in [4.78, 5) is 12.1. The van der Waals surface area contributed by atoms with Crippen LogP contribution in [0.5, 0.6) is 0 Å². The predicted octanol–water partition coefficient (Wildman–Crippen LogP) is 3.47. The van der Waals surface area contributed by atoms with E-state index in [1.165, 1.54) is 6.42 Å². The molecule has 134 valence electrons. The number of urea groups is 1. The third-order valence-corrected chi connectivity index (χ3v) is 6.11. The molecule has 0 aromatic heterocycles. The van der Waals surface area contributed by atoms with E-state index in [2.05, 4.69) is 36.1 Å². The Morgan fingerprint density at radius 1 is 1.35 bits per heavy atom. The quantitative estimate of drug-likeness (QED) is 0.808. The fourth-order valence-electron chi connectivity index (χ4n) is 4.24. The molecule has 0 aliphatic heterocycles. The molecule has 0 heterocycles. The lowest BCUT2D eigenvalue weighted by Crippen LogP contribution is -2.52. The smallest absolute Gasteiger partial charge is 0.370 e. The first kappa shape index (κ1) is 18.4. The molecule has 0 unspecified atom stereocenters. The number of halogens is 3. The van der Waals surface area contributed by atoms with Crippen molar-refractivity contribution in [1.82, 2.24) is 10.6 Å². The number of carbonyl (C=O) groups is 1. The molecular weight excluding hydrogens is 309 g/mol. The van der Waals surface area contributed by atoms with Crippen LogP contribution in [0, 0.1) is 16.7 Å². The highest BCUT2D eigenvalue weighted by Crippen LogP contribution is 2.65. The Hall–Kier alpha value is -0.980. The molecule has 4 atom stereocenters. The molecule has 0 saturated heterocycles. The van der Waals surface area contributed by atoms with Gasteiger partial charge in [0, 0.05) is 6.04 Å². The number of amides is 2. The average Bonchev–Trinajstić information content (AvgIpc) is 2.70. The first-order chi connectivity index (χ1) is 10.5. The van der Waals surface area contributed by atoms with E-state index in [1.54, 1.807) is 6.92 Å². The average molecular weight is 336 g/mol. The Balaban J connectivity index is 1.78. The monoisotopic (exact) mass is 336 g/mol. The number of alkyl halides is 3. The number of hydrogen-bond donors (Lipinski definition) is 2. The largest absolute Gasteiger partial charge is 0.411 e.